The number of esters is 1. The highest BCUT2D eigenvalue weighted by molar-refractivity contribution is 5.89. The summed E-state index contributed by atoms with van der Waals surface area (Å²) in [5.74, 6) is -1.22. The Labute approximate surface area is 111 Å². The van der Waals surface area contributed by atoms with Gasteiger partial charge in [0, 0.05) is 5.41 Å². The number of benzene rings is 1. The maximum Gasteiger partial charge on any atom is 0.337 e. The molecule has 0 amide bonds. The molecule has 0 fully saturated rings. The van der Waals surface area contributed by atoms with Crippen molar-refractivity contribution in [3.8, 4) is 0 Å². The Balaban J connectivity index is 2.28. The summed E-state index contributed by atoms with van der Waals surface area (Å²) in [7, 11) is 1.34. The third-order valence-corrected chi connectivity index (χ3v) is 3.72. The molecular weight excluding hydrogens is 246 g/mol. The van der Waals surface area contributed by atoms with Crippen LogP contribution in [0.25, 0.3) is 0 Å². The SMILES string of the molecule is COC(=O)c1ccc2c(c1)CC(CN)(CC(=O)O)C2. The molecule has 0 aliphatic heterocycles. The zero-order chi connectivity index (χ0) is 14.0. The first-order valence-electron chi connectivity index (χ1n) is 6.12. The maximum atomic E-state index is 11.5. The molecule has 1 aliphatic carbocycles. The fourth-order valence-electron chi connectivity index (χ4n) is 2.74. The van der Waals surface area contributed by atoms with E-state index >= 15 is 0 Å². The number of carboxylic acids is 1. The predicted octanol–water partition coefficient (Wildman–Crippen LogP) is 0.992. The summed E-state index contributed by atoms with van der Waals surface area (Å²) >= 11 is 0. The zero-order valence-corrected chi connectivity index (χ0v) is 10.8. The first kappa shape index (κ1) is 13.5. The van der Waals surface area contributed by atoms with Crippen LogP contribution in [-0.2, 0) is 22.4 Å². The molecular formula is C14H17NO4. The van der Waals surface area contributed by atoms with Crippen LogP contribution in [0, 0.1) is 5.41 Å². The van der Waals surface area contributed by atoms with Crippen molar-refractivity contribution in [1.29, 1.82) is 0 Å². The van der Waals surface area contributed by atoms with Gasteiger partial charge in [-0.25, -0.2) is 4.79 Å². The Kier molecular flexibility index (Phi) is 3.57. The molecule has 1 aromatic rings. The second-order valence-electron chi connectivity index (χ2n) is 5.10. The number of methoxy groups -OCH3 is 1. The molecule has 1 unspecified atom stereocenters. The van der Waals surface area contributed by atoms with Crippen molar-refractivity contribution in [1.82, 2.24) is 0 Å². The van der Waals surface area contributed by atoms with Crippen LogP contribution in [0.3, 0.4) is 0 Å². The maximum absolute atomic E-state index is 11.5. The van der Waals surface area contributed by atoms with Crippen molar-refractivity contribution < 1.29 is 19.4 Å². The number of ether oxygens (including phenoxy) is 1. The first-order valence-corrected chi connectivity index (χ1v) is 6.12. The van der Waals surface area contributed by atoms with Crippen molar-refractivity contribution in [2.75, 3.05) is 13.7 Å². The second kappa shape index (κ2) is 5.01. The number of carboxylic acid groups (broad SMARTS) is 1. The molecule has 1 aliphatic rings. The second-order valence-corrected chi connectivity index (χ2v) is 5.10. The van der Waals surface area contributed by atoms with Gasteiger partial charge in [0.05, 0.1) is 19.1 Å². The molecule has 0 bridgehead atoms. The number of hydrogen-bond acceptors (Lipinski definition) is 4. The lowest BCUT2D eigenvalue weighted by Gasteiger charge is -2.24. The van der Waals surface area contributed by atoms with E-state index in [9.17, 15) is 9.59 Å². The van der Waals surface area contributed by atoms with Crippen LogP contribution < -0.4 is 5.73 Å². The molecule has 5 nitrogen and oxygen atoms in total. The monoisotopic (exact) mass is 263 g/mol. The fourth-order valence-corrected chi connectivity index (χ4v) is 2.74. The van der Waals surface area contributed by atoms with E-state index in [1.54, 1.807) is 12.1 Å². The molecule has 102 valence electrons. The minimum absolute atomic E-state index is 0.0474. The van der Waals surface area contributed by atoms with Gasteiger partial charge in [-0.3, -0.25) is 4.79 Å². The van der Waals surface area contributed by atoms with Crippen molar-refractivity contribution in [2.24, 2.45) is 11.1 Å². The Morgan fingerprint density at radius 2 is 2.05 bits per heavy atom. The molecule has 0 spiro atoms. The van der Waals surface area contributed by atoms with E-state index in [1.807, 2.05) is 6.07 Å². The summed E-state index contributed by atoms with van der Waals surface area (Å²) in [6.07, 6.45) is 1.29. The van der Waals surface area contributed by atoms with Crippen molar-refractivity contribution >= 4 is 11.9 Å². The molecule has 1 atom stereocenters. The van der Waals surface area contributed by atoms with Crippen LogP contribution in [0.2, 0.25) is 0 Å². The van der Waals surface area contributed by atoms with E-state index < -0.39 is 11.4 Å². The number of carbonyl (C=O) groups excluding carboxylic acids is 1. The summed E-state index contributed by atoms with van der Waals surface area (Å²) in [5, 5.41) is 9.00. The molecule has 0 radical (unpaired) electrons. The van der Waals surface area contributed by atoms with Gasteiger partial charge in [-0.15, -0.1) is 0 Å². The predicted molar refractivity (Wildman–Crippen MR) is 68.9 cm³/mol. The van der Waals surface area contributed by atoms with E-state index in [2.05, 4.69) is 4.74 Å². The molecule has 2 rings (SSSR count). The first-order chi connectivity index (χ1) is 8.99. The van der Waals surface area contributed by atoms with Crippen molar-refractivity contribution in [3.63, 3.8) is 0 Å². The highest BCUT2D eigenvalue weighted by Crippen LogP contribution is 2.39. The lowest BCUT2D eigenvalue weighted by Crippen LogP contribution is -2.33. The van der Waals surface area contributed by atoms with Crippen molar-refractivity contribution in [3.05, 3.63) is 34.9 Å². The number of fused-ring (bicyclic) bond motifs is 1. The minimum atomic E-state index is -0.841. The van der Waals surface area contributed by atoms with E-state index in [0.717, 1.165) is 11.1 Å². The van der Waals surface area contributed by atoms with Crippen LogP contribution in [0.15, 0.2) is 18.2 Å². The average Bonchev–Trinajstić information content (AvgIpc) is 2.74. The van der Waals surface area contributed by atoms with Crippen molar-refractivity contribution in [2.45, 2.75) is 19.3 Å². The number of aliphatic carboxylic acids is 1. The number of carbonyl (C=O) groups is 2. The third kappa shape index (κ3) is 2.61. The Bertz CT molecular complexity index is 526. The minimum Gasteiger partial charge on any atom is -0.481 e. The van der Waals surface area contributed by atoms with Gasteiger partial charge in [0.1, 0.15) is 0 Å². The molecule has 0 aromatic heterocycles. The highest BCUT2D eigenvalue weighted by atomic mass is 16.5. The third-order valence-electron chi connectivity index (χ3n) is 3.72. The largest absolute Gasteiger partial charge is 0.481 e. The number of hydrogen-bond donors (Lipinski definition) is 2. The van der Waals surface area contributed by atoms with Crippen LogP contribution >= 0.6 is 0 Å². The molecule has 0 saturated heterocycles. The van der Waals surface area contributed by atoms with E-state index in [4.69, 9.17) is 10.8 Å². The van der Waals surface area contributed by atoms with Gasteiger partial charge in [0.2, 0.25) is 0 Å². The quantitative estimate of drug-likeness (QED) is 0.791. The Morgan fingerprint density at radius 3 is 2.63 bits per heavy atom. The Hall–Kier alpha value is -1.88. The van der Waals surface area contributed by atoms with Crippen LogP contribution in [0.5, 0.6) is 0 Å². The Morgan fingerprint density at radius 1 is 1.37 bits per heavy atom. The standard InChI is InChI=1S/C14H17NO4/c1-19-13(18)9-2-3-10-5-14(8-15,7-12(16)17)6-11(10)4-9/h2-4H,5-8,15H2,1H3,(H,16,17). The summed E-state index contributed by atoms with van der Waals surface area (Å²) < 4.78 is 4.68. The van der Waals surface area contributed by atoms with Crippen LogP contribution in [0.4, 0.5) is 0 Å². The fraction of sp³-hybridized carbons (Fsp3) is 0.429. The number of rotatable bonds is 4. The van der Waals surface area contributed by atoms with E-state index in [0.29, 0.717) is 24.9 Å². The van der Waals surface area contributed by atoms with Gasteiger partial charge in [-0.05, 0) is 42.6 Å². The van der Waals surface area contributed by atoms with Gasteiger partial charge < -0.3 is 15.6 Å². The zero-order valence-electron chi connectivity index (χ0n) is 10.8. The highest BCUT2D eigenvalue weighted by Gasteiger charge is 2.38. The van der Waals surface area contributed by atoms with E-state index in [1.165, 1.54) is 7.11 Å². The van der Waals surface area contributed by atoms with Crippen LogP contribution in [-0.4, -0.2) is 30.7 Å². The van der Waals surface area contributed by atoms with Gasteiger partial charge in [0.25, 0.3) is 0 Å². The van der Waals surface area contributed by atoms with Gasteiger partial charge in [0.15, 0.2) is 0 Å². The van der Waals surface area contributed by atoms with E-state index in [-0.39, 0.29) is 12.4 Å². The summed E-state index contributed by atoms with van der Waals surface area (Å²) in [4.78, 5) is 22.4. The lowest BCUT2D eigenvalue weighted by atomic mass is 9.81. The lowest BCUT2D eigenvalue weighted by molar-refractivity contribution is -0.139. The molecule has 3 N–H and O–H groups in total. The molecule has 5 heteroatoms. The molecule has 0 heterocycles. The normalized spacial score (nSPS) is 20.9. The van der Waals surface area contributed by atoms with Gasteiger partial charge >= 0.3 is 11.9 Å². The molecule has 0 saturated carbocycles. The topological polar surface area (TPSA) is 89.6 Å². The summed E-state index contributed by atoms with van der Waals surface area (Å²) in [6.45, 7) is 0.321. The van der Waals surface area contributed by atoms with Gasteiger partial charge in [-0.2, -0.15) is 0 Å². The number of nitrogens with two attached hydrogens (primary N) is 1. The molecule has 19 heavy (non-hydrogen) atoms. The molecule has 1 aromatic carbocycles. The van der Waals surface area contributed by atoms with Gasteiger partial charge in [-0.1, -0.05) is 6.07 Å². The summed E-state index contributed by atoms with van der Waals surface area (Å²) in [5.41, 5.74) is 7.89. The summed E-state index contributed by atoms with van der Waals surface area (Å²) in [6, 6.07) is 5.35. The smallest absolute Gasteiger partial charge is 0.337 e. The average molecular weight is 263 g/mol. The van der Waals surface area contributed by atoms with Crippen LogP contribution in [0.1, 0.15) is 27.9 Å².